The van der Waals surface area contributed by atoms with Crippen LogP contribution in [0.15, 0.2) is 0 Å². The van der Waals surface area contributed by atoms with Crippen molar-refractivity contribution in [2.45, 2.75) is 37.0 Å². The molecule has 8 nitrogen and oxygen atoms in total. The SMILES string of the molecule is NC(=O)CC[C@H](NS(=O)(=O)C1CCOCC1)C(=O)O. The molecule has 4 N–H and O–H groups in total. The van der Waals surface area contributed by atoms with Crippen molar-refractivity contribution in [2.75, 3.05) is 13.2 Å². The van der Waals surface area contributed by atoms with Crippen LogP contribution in [-0.4, -0.2) is 49.9 Å². The fraction of sp³-hybridized carbons (Fsp3) is 0.800. The molecule has 1 amide bonds. The van der Waals surface area contributed by atoms with Gasteiger partial charge in [0.15, 0.2) is 0 Å². The summed E-state index contributed by atoms with van der Waals surface area (Å²) in [6.07, 6.45) is 0.315. The molecule has 0 saturated carbocycles. The number of ether oxygens (including phenoxy) is 1. The number of carbonyl (C=O) groups is 2. The monoisotopic (exact) mass is 294 g/mol. The quantitative estimate of drug-likeness (QED) is 0.540. The van der Waals surface area contributed by atoms with Gasteiger partial charge >= 0.3 is 5.97 Å². The predicted octanol–water partition coefficient (Wildman–Crippen LogP) is -1.20. The Balaban J connectivity index is 2.65. The number of hydrogen-bond acceptors (Lipinski definition) is 5. The molecule has 0 aromatic heterocycles. The maximum atomic E-state index is 12.0. The second-order valence-corrected chi connectivity index (χ2v) is 6.36. The second kappa shape index (κ2) is 6.83. The Hall–Kier alpha value is -1.19. The summed E-state index contributed by atoms with van der Waals surface area (Å²) in [5.41, 5.74) is 4.92. The third kappa shape index (κ3) is 5.13. The van der Waals surface area contributed by atoms with Crippen LogP contribution in [0.1, 0.15) is 25.7 Å². The van der Waals surface area contributed by atoms with Crippen LogP contribution in [0.4, 0.5) is 0 Å². The Morgan fingerprint density at radius 2 is 1.95 bits per heavy atom. The van der Waals surface area contributed by atoms with Crippen molar-refractivity contribution in [3.05, 3.63) is 0 Å². The van der Waals surface area contributed by atoms with Gasteiger partial charge in [0.2, 0.25) is 15.9 Å². The molecule has 0 unspecified atom stereocenters. The van der Waals surface area contributed by atoms with Gasteiger partial charge in [-0.2, -0.15) is 0 Å². The fourth-order valence-electron chi connectivity index (χ4n) is 1.80. The summed E-state index contributed by atoms with van der Waals surface area (Å²) in [6, 6.07) is -1.33. The molecule has 1 rings (SSSR count). The first-order chi connectivity index (χ1) is 8.83. The van der Waals surface area contributed by atoms with Gasteiger partial charge in [0.25, 0.3) is 0 Å². The zero-order chi connectivity index (χ0) is 14.5. The van der Waals surface area contributed by atoms with Gasteiger partial charge < -0.3 is 15.6 Å². The van der Waals surface area contributed by atoms with Crippen molar-refractivity contribution in [3.63, 3.8) is 0 Å². The van der Waals surface area contributed by atoms with Gasteiger partial charge in [0, 0.05) is 19.6 Å². The average molecular weight is 294 g/mol. The highest BCUT2D eigenvalue weighted by Gasteiger charge is 2.32. The number of nitrogens with one attached hydrogen (secondary N) is 1. The molecule has 0 aliphatic carbocycles. The maximum Gasteiger partial charge on any atom is 0.321 e. The molecule has 0 aromatic rings. The number of hydrogen-bond donors (Lipinski definition) is 3. The van der Waals surface area contributed by atoms with Crippen molar-refractivity contribution in [3.8, 4) is 0 Å². The Morgan fingerprint density at radius 3 is 2.42 bits per heavy atom. The first kappa shape index (κ1) is 15.9. The highest BCUT2D eigenvalue weighted by atomic mass is 32.2. The fourth-order valence-corrected chi connectivity index (χ4v) is 3.42. The number of carbonyl (C=O) groups excluding carboxylic acids is 1. The summed E-state index contributed by atoms with van der Waals surface area (Å²) in [5.74, 6) is -1.99. The van der Waals surface area contributed by atoms with Gasteiger partial charge in [-0.15, -0.1) is 0 Å². The van der Waals surface area contributed by atoms with Gasteiger partial charge in [0.1, 0.15) is 6.04 Å². The van der Waals surface area contributed by atoms with E-state index in [2.05, 4.69) is 4.72 Å². The van der Waals surface area contributed by atoms with Gasteiger partial charge in [-0.1, -0.05) is 0 Å². The first-order valence-electron chi connectivity index (χ1n) is 5.93. The number of amides is 1. The van der Waals surface area contributed by atoms with E-state index in [9.17, 15) is 18.0 Å². The van der Waals surface area contributed by atoms with Gasteiger partial charge in [-0.25, -0.2) is 13.1 Å². The average Bonchev–Trinajstić information content (AvgIpc) is 2.35. The highest BCUT2D eigenvalue weighted by Crippen LogP contribution is 2.15. The van der Waals surface area contributed by atoms with Crippen LogP contribution in [0.25, 0.3) is 0 Å². The number of primary amides is 1. The summed E-state index contributed by atoms with van der Waals surface area (Å²) in [4.78, 5) is 21.6. The van der Waals surface area contributed by atoms with Crippen LogP contribution in [0.5, 0.6) is 0 Å². The third-order valence-electron chi connectivity index (χ3n) is 2.89. The second-order valence-electron chi connectivity index (χ2n) is 4.37. The van der Waals surface area contributed by atoms with Crippen molar-refractivity contribution in [2.24, 2.45) is 5.73 Å². The molecule has 0 bridgehead atoms. The van der Waals surface area contributed by atoms with E-state index in [1.807, 2.05) is 0 Å². The summed E-state index contributed by atoms with van der Waals surface area (Å²) in [6.45, 7) is 0.676. The topological polar surface area (TPSA) is 136 Å². The largest absolute Gasteiger partial charge is 0.480 e. The lowest BCUT2D eigenvalue weighted by atomic mass is 10.2. The predicted molar refractivity (Wildman–Crippen MR) is 65.7 cm³/mol. The van der Waals surface area contributed by atoms with E-state index in [1.165, 1.54) is 0 Å². The molecule has 0 radical (unpaired) electrons. The van der Waals surface area contributed by atoms with Gasteiger partial charge in [0.05, 0.1) is 5.25 Å². The lowest BCUT2D eigenvalue weighted by Crippen LogP contribution is -2.46. The minimum absolute atomic E-state index is 0.160. The molecule has 1 fully saturated rings. The molecule has 0 aromatic carbocycles. The molecule has 9 heteroatoms. The summed E-state index contributed by atoms with van der Waals surface area (Å²) >= 11 is 0. The zero-order valence-corrected chi connectivity index (χ0v) is 11.2. The lowest BCUT2D eigenvalue weighted by Gasteiger charge is -2.24. The first-order valence-corrected chi connectivity index (χ1v) is 7.47. The smallest absolute Gasteiger partial charge is 0.321 e. The van der Waals surface area contributed by atoms with Crippen molar-refractivity contribution in [1.29, 1.82) is 0 Å². The molecule has 0 spiro atoms. The Morgan fingerprint density at radius 1 is 1.37 bits per heavy atom. The molecule has 1 atom stereocenters. The van der Waals surface area contributed by atoms with Crippen LogP contribution in [0, 0.1) is 0 Å². The minimum Gasteiger partial charge on any atom is -0.480 e. The van der Waals surface area contributed by atoms with E-state index in [4.69, 9.17) is 15.6 Å². The maximum absolute atomic E-state index is 12.0. The van der Waals surface area contributed by atoms with E-state index in [-0.39, 0.29) is 12.8 Å². The van der Waals surface area contributed by atoms with Crippen molar-refractivity contribution in [1.82, 2.24) is 4.72 Å². The molecular weight excluding hydrogens is 276 g/mol. The van der Waals surface area contributed by atoms with Gasteiger partial charge in [-0.3, -0.25) is 9.59 Å². The standard InChI is InChI=1S/C10H18N2O6S/c11-9(13)2-1-8(10(14)15)12-19(16,17)7-3-5-18-6-4-7/h7-8,12H,1-6H2,(H2,11,13)(H,14,15)/t8-/m0/s1. The van der Waals surface area contributed by atoms with Crippen LogP contribution >= 0.6 is 0 Å². The molecule has 1 heterocycles. The van der Waals surface area contributed by atoms with E-state index in [0.29, 0.717) is 26.1 Å². The molecule has 1 saturated heterocycles. The molecule has 19 heavy (non-hydrogen) atoms. The van der Waals surface area contributed by atoms with Crippen LogP contribution in [-0.2, 0) is 24.3 Å². The summed E-state index contributed by atoms with van der Waals surface area (Å²) in [5, 5.41) is 8.29. The Bertz CT molecular complexity index is 429. The van der Waals surface area contributed by atoms with E-state index < -0.39 is 33.2 Å². The Labute approximate surface area is 111 Å². The highest BCUT2D eigenvalue weighted by molar-refractivity contribution is 7.90. The van der Waals surface area contributed by atoms with Crippen molar-refractivity contribution >= 4 is 21.9 Å². The van der Waals surface area contributed by atoms with Crippen molar-refractivity contribution < 1.29 is 27.9 Å². The van der Waals surface area contributed by atoms with Crippen LogP contribution < -0.4 is 10.5 Å². The van der Waals surface area contributed by atoms with Crippen LogP contribution in [0.3, 0.4) is 0 Å². The lowest BCUT2D eigenvalue weighted by molar-refractivity contribution is -0.139. The van der Waals surface area contributed by atoms with Gasteiger partial charge in [-0.05, 0) is 19.3 Å². The number of carboxylic acid groups (broad SMARTS) is 1. The molecular formula is C10H18N2O6S. The van der Waals surface area contributed by atoms with E-state index in [0.717, 1.165) is 0 Å². The molecule has 110 valence electrons. The van der Waals surface area contributed by atoms with E-state index >= 15 is 0 Å². The minimum atomic E-state index is -3.74. The van der Waals surface area contributed by atoms with Crippen LogP contribution in [0.2, 0.25) is 0 Å². The summed E-state index contributed by atoms with van der Waals surface area (Å²) in [7, 11) is -3.74. The number of nitrogens with two attached hydrogens (primary N) is 1. The molecule has 1 aliphatic heterocycles. The zero-order valence-electron chi connectivity index (χ0n) is 10.4. The molecule has 1 aliphatic rings. The number of rotatable bonds is 7. The normalized spacial score (nSPS) is 18.9. The number of sulfonamides is 1. The third-order valence-corrected chi connectivity index (χ3v) is 4.85. The van der Waals surface area contributed by atoms with E-state index in [1.54, 1.807) is 0 Å². The number of aliphatic carboxylic acids is 1. The number of carboxylic acids is 1. The Kier molecular flexibility index (Phi) is 5.70. The summed E-state index contributed by atoms with van der Waals surface area (Å²) < 4.78 is 31.2.